The van der Waals surface area contributed by atoms with Crippen molar-refractivity contribution in [1.29, 1.82) is 0 Å². The third-order valence-electron chi connectivity index (χ3n) is 5.93. The summed E-state index contributed by atoms with van der Waals surface area (Å²) in [5.74, 6) is -4.21. The highest BCUT2D eigenvalue weighted by Gasteiger charge is 2.67. The predicted molar refractivity (Wildman–Crippen MR) is 116 cm³/mol. The van der Waals surface area contributed by atoms with E-state index in [2.05, 4.69) is 25.0 Å². The summed E-state index contributed by atoms with van der Waals surface area (Å²) in [6, 6.07) is 1.94. The van der Waals surface area contributed by atoms with Crippen LogP contribution in [0.5, 0.6) is 5.88 Å². The number of aryl methyl sites for hydroxylation is 1. The van der Waals surface area contributed by atoms with E-state index in [0.717, 1.165) is 24.0 Å². The molecule has 0 saturated heterocycles. The Labute approximate surface area is 199 Å². The van der Waals surface area contributed by atoms with Crippen molar-refractivity contribution in [2.45, 2.75) is 36.7 Å². The molecule has 0 spiro atoms. The van der Waals surface area contributed by atoms with E-state index in [1.165, 1.54) is 19.9 Å². The van der Waals surface area contributed by atoms with Crippen molar-refractivity contribution >= 4 is 28.5 Å². The Morgan fingerprint density at radius 2 is 2.06 bits per heavy atom. The molecule has 2 aliphatic rings. The zero-order valence-corrected chi connectivity index (χ0v) is 19.2. The number of nitrogens with zero attached hydrogens (tertiary/aromatic N) is 3. The van der Waals surface area contributed by atoms with Crippen molar-refractivity contribution in [2.24, 2.45) is 16.6 Å². The van der Waals surface area contributed by atoms with Gasteiger partial charge in [-0.15, -0.1) is 0 Å². The Kier molecular flexibility index (Phi) is 6.14. The number of halogens is 6. The molecule has 2 aromatic rings. The lowest BCUT2D eigenvalue weighted by Gasteiger charge is -2.33. The number of aliphatic imine (C=N–C) groups is 1. The second-order valence-electron chi connectivity index (χ2n) is 8.47. The molecule has 1 unspecified atom stereocenters. The van der Waals surface area contributed by atoms with Crippen molar-refractivity contribution in [3.05, 3.63) is 46.9 Å². The first-order valence-electron chi connectivity index (χ1n) is 10.2. The average molecular weight is 519 g/mol. The highest BCUT2D eigenvalue weighted by molar-refractivity contribution is 8.15. The van der Waals surface area contributed by atoms with Crippen molar-refractivity contribution in [2.75, 3.05) is 18.6 Å². The number of amides is 1. The summed E-state index contributed by atoms with van der Waals surface area (Å²) in [6.07, 6.45) is -3.38. The van der Waals surface area contributed by atoms with Gasteiger partial charge in [0.15, 0.2) is 23.4 Å². The summed E-state index contributed by atoms with van der Waals surface area (Å²) >= 11 is 1.07. The number of alkyl halides is 4. The van der Waals surface area contributed by atoms with Crippen molar-refractivity contribution in [3.63, 3.8) is 0 Å². The summed E-state index contributed by atoms with van der Waals surface area (Å²) < 4.78 is 83.6. The molecule has 1 saturated carbocycles. The Morgan fingerprint density at radius 1 is 1.34 bits per heavy atom. The smallest absolute Gasteiger partial charge is 0.422 e. The standard InChI is InChI=1S/C21H19F6N5O2S/c1-9-16(29-6-14(30-9)34-8-21(25,26)27)17(33)31-10-3-11(15(24)12(23)4-10)19(2)13-5-20(13,7-22)35-18(28)32-19/h3-4,6,13H,5,7-8H2,1-2H3,(H2,28,32)(H,31,33)/t13?,19-,20-/m1/s1. The maximum atomic E-state index is 14.9. The van der Waals surface area contributed by atoms with E-state index in [0.29, 0.717) is 6.42 Å². The quantitative estimate of drug-likeness (QED) is 0.553. The Bertz CT molecular complexity index is 1230. The number of hydrogen-bond donors (Lipinski definition) is 2. The molecule has 14 heteroatoms. The lowest BCUT2D eigenvalue weighted by atomic mass is 9.85. The van der Waals surface area contributed by atoms with Crippen molar-refractivity contribution < 1.29 is 35.9 Å². The number of carbonyl (C=O) groups is 1. The summed E-state index contributed by atoms with van der Waals surface area (Å²) in [4.78, 5) is 24.5. The maximum Gasteiger partial charge on any atom is 0.422 e. The minimum Gasteiger partial charge on any atom is -0.467 e. The molecule has 0 radical (unpaired) electrons. The van der Waals surface area contributed by atoms with Crippen molar-refractivity contribution in [1.82, 2.24) is 9.97 Å². The lowest BCUT2D eigenvalue weighted by Crippen LogP contribution is -2.37. The van der Waals surface area contributed by atoms with E-state index in [1.54, 1.807) is 0 Å². The summed E-state index contributed by atoms with van der Waals surface area (Å²) in [6.45, 7) is 0.551. The molecule has 1 aliphatic heterocycles. The minimum atomic E-state index is -4.58. The number of thioether (sulfide) groups is 1. The number of anilines is 1. The van der Waals surface area contributed by atoms with Gasteiger partial charge >= 0.3 is 6.18 Å². The van der Waals surface area contributed by atoms with Gasteiger partial charge in [-0.25, -0.2) is 23.1 Å². The zero-order chi connectivity index (χ0) is 25.8. The number of aromatic nitrogens is 2. The lowest BCUT2D eigenvalue weighted by molar-refractivity contribution is -0.154. The largest absolute Gasteiger partial charge is 0.467 e. The number of carbonyl (C=O) groups excluding carboxylic acids is 1. The van der Waals surface area contributed by atoms with Gasteiger partial charge in [-0.2, -0.15) is 13.2 Å². The first-order valence-corrected chi connectivity index (χ1v) is 11.0. The molecular formula is C21H19F6N5O2S. The van der Waals surface area contributed by atoms with Crippen LogP contribution in [0.4, 0.5) is 32.0 Å². The van der Waals surface area contributed by atoms with Crippen LogP contribution in [-0.4, -0.2) is 45.2 Å². The fraction of sp³-hybridized carbons (Fsp3) is 0.429. The van der Waals surface area contributed by atoms with Gasteiger partial charge in [-0.3, -0.25) is 9.79 Å². The molecule has 1 amide bonds. The van der Waals surface area contributed by atoms with E-state index in [9.17, 15) is 31.1 Å². The van der Waals surface area contributed by atoms with Crippen LogP contribution >= 0.6 is 11.8 Å². The van der Waals surface area contributed by atoms with Gasteiger partial charge in [0.1, 0.15) is 12.4 Å². The normalized spacial score (nSPS) is 25.5. The van der Waals surface area contributed by atoms with E-state index < -0.39 is 59.1 Å². The van der Waals surface area contributed by atoms with Crippen LogP contribution in [0.15, 0.2) is 23.3 Å². The molecule has 1 aliphatic carbocycles. The van der Waals surface area contributed by atoms with E-state index in [-0.39, 0.29) is 27.8 Å². The third kappa shape index (κ3) is 4.75. The number of nitrogens with one attached hydrogen (secondary N) is 1. The number of ether oxygens (including phenoxy) is 1. The number of fused-ring (bicyclic) bond motifs is 1. The van der Waals surface area contributed by atoms with Crippen LogP contribution in [0.3, 0.4) is 0 Å². The number of rotatable bonds is 6. The molecule has 1 fully saturated rings. The number of nitrogens with two attached hydrogens (primary N) is 1. The Morgan fingerprint density at radius 3 is 2.69 bits per heavy atom. The fourth-order valence-electron chi connectivity index (χ4n) is 4.20. The zero-order valence-electron chi connectivity index (χ0n) is 18.3. The minimum absolute atomic E-state index is 0.0480. The maximum absolute atomic E-state index is 14.9. The van der Waals surface area contributed by atoms with E-state index >= 15 is 0 Å². The van der Waals surface area contributed by atoms with Crippen LogP contribution in [0.25, 0.3) is 0 Å². The first-order chi connectivity index (χ1) is 16.3. The predicted octanol–water partition coefficient (Wildman–Crippen LogP) is 4.26. The summed E-state index contributed by atoms with van der Waals surface area (Å²) in [5, 5.41) is 2.42. The van der Waals surface area contributed by atoms with Gasteiger partial charge < -0.3 is 15.8 Å². The van der Waals surface area contributed by atoms with Gasteiger partial charge in [0.2, 0.25) is 5.88 Å². The van der Waals surface area contributed by atoms with Gasteiger partial charge in [0, 0.05) is 23.2 Å². The highest BCUT2D eigenvalue weighted by Crippen LogP contribution is 2.66. The first kappa shape index (κ1) is 25.1. The molecule has 4 rings (SSSR count). The molecule has 3 atom stereocenters. The third-order valence-corrected chi connectivity index (χ3v) is 7.20. The highest BCUT2D eigenvalue weighted by atomic mass is 32.2. The van der Waals surface area contributed by atoms with Crippen LogP contribution < -0.4 is 15.8 Å². The molecule has 188 valence electrons. The van der Waals surface area contributed by atoms with Crippen molar-refractivity contribution in [3.8, 4) is 5.88 Å². The molecule has 1 aromatic carbocycles. The van der Waals surface area contributed by atoms with Crippen LogP contribution in [0, 0.1) is 24.5 Å². The molecule has 1 aromatic heterocycles. The Balaban J connectivity index is 1.60. The van der Waals surface area contributed by atoms with E-state index in [4.69, 9.17) is 5.73 Å². The number of hydrogen-bond acceptors (Lipinski definition) is 7. The molecule has 2 heterocycles. The SMILES string of the molecule is Cc1nc(OCC(F)(F)F)cnc1C(=O)Nc1cc(F)c(F)c([C@@]2(C)N=C(N)S[C@@]3(CF)CC32)c1. The second kappa shape index (κ2) is 8.57. The monoisotopic (exact) mass is 519 g/mol. The number of benzene rings is 1. The molecule has 7 nitrogen and oxygen atoms in total. The second-order valence-corrected chi connectivity index (χ2v) is 9.91. The van der Waals surface area contributed by atoms with Gasteiger partial charge in [0.25, 0.3) is 5.91 Å². The average Bonchev–Trinajstić information content (AvgIpc) is 3.50. The summed E-state index contributed by atoms with van der Waals surface area (Å²) in [5.41, 5.74) is 3.84. The van der Waals surface area contributed by atoms with Gasteiger partial charge in [-0.1, -0.05) is 11.8 Å². The molecule has 3 N–H and O–H groups in total. The number of amidine groups is 1. The van der Waals surface area contributed by atoms with Crippen LogP contribution in [0.2, 0.25) is 0 Å². The summed E-state index contributed by atoms with van der Waals surface area (Å²) in [7, 11) is 0. The van der Waals surface area contributed by atoms with Gasteiger partial charge in [0.05, 0.1) is 22.2 Å². The molecule has 0 bridgehead atoms. The molecule has 35 heavy (non-hydrogen) atoms. The fourth-order valence-corrected chi connectivity index (χ4v) is 5.53. The topological polar surface area (TPSA) is 102 Å². The van der Waals surface area contributed by atoms with Crippen LogP contribution in [-0.2, 0) is 5.54 Å². The van der Waals surface area contributed by atoms with Gasteiger partial charge in [-0.05, 0) is 26.3 Å². The molecular weight excluding hydrogens is 500 g/mol. The van der Waals surface area contributed by atoms with E-state index in [1.807, 2.05) is 0 Å². The Hall–Kier alpha value is -3.03. The van der Waals surface area contributed by atoms with Crippen LogP contribution in [0.1, 0.15) is 35.1 Å².